The van der Waals surface area contributed by atoms with Crippen LogP contribution in [0.15, 0.2) is 18.2 Å². The van der Waals surface area contributed by atoms with E-state index in [1.54, 1.807) is 19.2 Å². The van der Waals surface area contributed by atoms with Gasteiger partial charge in [-0.2, -0.15) is 0 Å². The number of benzene rings is 1. The van der Waals surface area contributed by atoms with E-state index in [1.165, 1.54) is 13.0 Å². The Bertz CT molecular complexity index is 515. The Labute approximate surface area is 111 Å². The number of carbonyl (C=O) groups is 1. The minimum absolute atomic E-state index is 0.140. The van der Waals surface area contributed by atoms with Gasteiger partial charge in [0.15, 0.2) is 5.78 Å². The third kappa shape index (κ3) is 2.73. The minimum atomic E-state index is -0.525. The van der Waals surface area contributed by atoms with Crippen molar-refractivity contribution in [3.8, 4) is 0 Å². The van der Waals surface area contributed by atoms with E-state index in [9.17, 15) is 14.9 Å². The Hall–Kier alpha value is -1.95. The number of nitrogens with zero attached hydrogens (tertiary/aromatic N) is 2. The van der Waals surface area contributed by atoms with Crippen molar-refractivity contribution in [2.24, 2.45) is 0 Å². The smallest absolute Gasteiger partial charge is 0.280 e. The van der Waals surface area contributed by atoms with Gasteiger partial charge in [-0.15, -0.1) is 0 Å². The monoisotopic (exact) mass is 264 g/mol. The largest absolute Gasteiger partial charge is 0.380 e. The summed E-state index contributed by atoms with van der Waals surface area (Å²) in [6.07, 6.45) is 1.10. The van der Waals surface area contributed by atoms with Crippen LogP contribution in [0.25, 0.3) is 0 Å². The van der Waals surface area contributed by atoms with Gasteiger partial charge in [0.25, 0.3) is 5.69 Å². The Morgan fingerprint density at radius 3 is 2.79 bits per heavy atom. The lowest BCUT2D eigenvalue weighted by molar-refractivity contribution is -0.385. The predicted octanol–water partition coefficient (Wildman–Crippen LogP) is 2.02. The maximum absolute atomic E-state index is 11.5. The molecule has 0 bridgehead atoms. The van der Waals surface area contributed by atoms with E-state index in [4.69, 9.17) is 4.74 Å². The molecule has 2 rings (SSSR count). The van der Waals surface area contributed by atoms with E-state index in [-0.39, 0.29) is 23.1 Å². The molecule has 1 atom stereocenters. The maximum Gasteiger partial charge on any atom is 0.280 e. The van der Waals surface area contributed by atoms with Crippen molar-refractivity contribution in [3.05, 3.63) is 33.9 Å². The molecule has 1 aromatic rings. The minimum Gasteiger partial charge on any atom is -0.380 e. The lowest BCUT2D eigenvalue weighted by Gasteiger charge is -2.18. The second-order valence-electron chi connectivity index (χ2n) is 4.61. The zero-order chi connectivity index (χ0) is 14.0. The quantitative estimate of drug-likeness (QED) is 0.472. The number of hydrogen-bond donors (Lipinski definition) is 0. The fourth-order valence-electron chi connectivity index (χ4n) is 2.32. The number of hydrogen-bond acceptors (Lipinski definition) is 5. The summed E-state index contributed by atoms with van der Waals surface area (Å²) in [7, 11) is 1.67. The molecule has 6 heteroatoms. The molecule has 0 N–H and O–H groups in total. The third-order valence-electron chi connectivity index (χ3n) is 3.40. The first-order chi connectivity index (χ1) is 9.02. The standard InChI is InChI=1S/C13H16N2O4/c1-9(16)12-7-10(3-4-13(12)15(17)18)14-6-5-11(8-14)19-2/h3-4,7,11H,5-6,8H2,1-2H3. The van der Waals surface area contributed by atoms with E-state index < -0.39 is 4.92 Å². The van der Waals surface area contributed by atoms with Crippen LogP contribution in [0.2, 0.25) is 0 Å². The zero-order valence-electron chi connectivity index (χ0n) is 11.0. The lowest BCUT2D eigenvalue weighted by atomic mass is 10.1. The van der Waals surface area contributed by atoms with Crippen LogP contribution in [-0.4, -0.2) is 37.0 Å². The Balaban J connectivity index is 2.31. The van der Waals surface area contributed by atoms with Crippen molar-refractivity contribution in [2.75, 3.05) is 25.1 Å². The Morgan fingerprint density at radius 1 is 1.53 bits per heavy atom. The second-order valence-corrected chi connectivity index (χ2v) is 4.61. The number of ketones is 1. The SMILES string of the molecule is COC1CCN(c2ccc([N+](=O)[O-])c(C(C)=O)c2)C1. The second kappa shape index (κ2) is 5.36. The first-order valence-electron chi connectivity index (χ1n) is 6.10. The zero-order valence-corrected chi connectivity index (χ0v) is 11.0. The van der Waals surface area contributed by atoms with E-state index >= 15 is 0 Å². The van der Waals surface area contributed by atoms with Gasteiger partial charge in [-0.3, -0.25) is 14.9 Å². The maximum atomic E-state index is 11.5. The van der Waals surface area contributed by atoms with Gasteiger partial charge in [0.1, 0.15) is 0 Å². The van der Waals surface area contributed by atoms with Crippen LogP contribution in [0.4, 0.5) is 11.4 Å². The fraction of sp³-hybridized carbons (Fsp3) is 0.462. The van der Waals surface area contributed by atoms with Crippen LogP contribution < -0.4 is 4.90 Å². The number of nitro groups is 1. The number of Topliss-reactive ketones (excluding diaryl/α,β-unsaturated/α-hetero) is 1. The lowest BCUT2D eigenvalue weighted by Crippen LogP contribution is -2.22. The number of ether oxygens (including phenoxy) is 1. The molecule has 0 saturated carbocycles. The van der Waals surface area contributed by atoms with Crippen LogP contribution in [0.3, 0.4) is 0 Å². The van der Waals surface area contributed by atoms with E-state index in [2.05, 4.69) is 4.90 Å². The van der Waals surface area contributed by atoms with Crippen LogP contribution in [0.1, 0.15) is 23.7 Å². The molecule has 102 valence electrons. The normalized spacial score (nSPS) is 18.6. The first kappa shape index (κ1) is 13.5. The Morgan fingerprint density at radius 2 is 2.26 bits per heavy atom. The average molecular weight is 264 g/mol. The average Bonchev–Trinajstić information content (AvgIpc) is 2.86. The van der Waals surface area contributed by atoms with Gasteiger partial charge in [0.2, 0.25) is 0 Å². The number of anilines is 1. The third-order valence-corrected chi connectivity index (χ3v) is 3.40. The van der Waals surface area contributed by atoms with E-state index in [1.807, 2.05) is 0 Å². The summed E-state index contributed by atoms with van der Waals surface area (Å²) >= 11 is 0. The van der Waals surface area contributed by atoms with Gasteiger partial charge in [-0.1, -0.05) is 0 Å². The van der Waals surface area contributed by atoms with Gasteiger partial charge in [-0.25, -0.2) is 0 Å². The summed E-state index contributed by atoms with van der Waals surface area (Å²) in [6.45, 7) is 2.91. The Kier molecular flexibility index (Phi) is 3.80. The van der Waals surface area contributed by atoms with Crippen molar-refractivity contribution < 1.29 is 14.5 Å². The summed E-state index contributed by atoms with van der Waals surface area (Å²) in [6, 6.07) is 4.67. The highest BCUT2D eigenvalue weighted by molar-refractivity contribution is 5.99. The molecule has 1 unspecified atom stereocenters. The van der Waals surface area contributed by atoms with Gasteiger partial charge in [-0.05, 0) is 25.5 Å². The van der Waals surface area contributed by atoms with Crippen molar-refractivity contribution in [1.82, 2.24) is 0 Å². The molecular formula is C13H16N2O4. The number of rotatable bonds is 4. The summed E-state index contributed by atoms with van der Waals surface area (Å²) in [5, 5.41) is 10.9. The molecule has 0 spiro atoms. The molecule has 1 fully saturated rings. The van der Waals surface area contributed by atoms with Crippen molar-refractivity contribution in [1.29, 1.82) is 0 Å². The molecule has 6 nitrogen and oxygen atoms in total. The number of methoxy groups -OCH3 is 1. The van der Waals surface area contributed by atoms with E-state index in [0.717, 1.165) is 25.2 Å². The molecular weight excluding hydrogens is 248 g/mol. The summed E-state index contributed by atoms with van der Waals surface area (Å²) in [5.74, 6) is -0.295. The van der Waals surface area contributed by atoms with Crippen LogP contribution >= 0.6 is 0 Å². The summed E-state index contributed by atoms with van der Waals surface area (Å²) < 4.78 is 5.29. The highest BCUT2D eigenvalue weighted by Gasteiger charge is 2.25. The topological polar surface area (TPSA) is 72.7 Å². The first-order valence-corrected chi connectivity index (χ1v) is 6.10. The molecule has 1 aliphatic heterocycles. The van der Waals surface area contributed by atoms with Gasteiger partial charge < -0.3 is 9.64 Å². The van der Waals surface area contributed by atoms with Crippen molar-refractivity contribution in [2.45, 2.75) is 19.4 Å². The molecule has 1 heterocycles. The van der Waals surface area contributed by atoms with Gasteiger partial charge in [0, 0.05) is 32.0 Å². The summed E-state index contributed by atoms with van der Waals surface area (Å²) in [4.78, 5) is 23.9. The van der Waals surface area contributed by atoms with Gasteiger partial charge in [0.05, 0.1) is 16.6 Å². The molecule has 0 aromatic heterocycles. The van der Waals surface area contributed by atoms with Crippen molar-refractivity contribution >= 4 is 17.2 Å². The number of nitro benzene ring substituents is 1. The molecule has 1 aliphatic rings. The predicted molar refractivity (Wildman–Crippen MR) is 70.7 cm³/mol. The van der Waals surface area contributed by atoms with Crippen LogP contribution in [0.5, 0.6) is 0 Å². The fourth-order valence-corrected chi connectivity index (χ4v) is 2.32. The van der Waals surface area contributed by atoms with Crippen LogP contribution in [-0.2, 0) is 4.74 Å². The molecule has 1 saturated heterocycles. The number of carbonyl (C=O) groups excluding carboxylic acids is 1. The summed E-state index contributed by atoms with van der Waals surface area (Å²) in [5.41, 5.74) is 0.845. The van der Waals surface area contributed by atoms with Crippen LogP contribution in [0, 0.1) is 10.1 Å². The highest BCUT2D eigenvalue weighted by Crippen LogP contribution is 2.28. The van der Waals surface area contributed by atoms with Gasteiger partial charge >= 0.3 is 0 Å². The molecule has 0 aliphatic carbocycles. The highest BCUT2D eigenvalue weighted by atomic mass is 16.6. The molecule has 19 heavy (non-hydrogen) atoms. The molecule has 0 radical (unpaired) electrons. The molecule has 1 aromatic carbocycles. The van der Waals surface area contributed by atoms with E-state index in [0.29, 0.717) is 0 Å². The van der Waals surface area contributed by atoms with Crippen molar-refractivity contribution in [3.63, 3.8) is 0 Å². The molecule has 0 amide bonds.